The van der Waals surface area contributed by atoms with Crippen molar-refractivity contribution in [3.8, 4) is 0 Å². The Kier molecular flexibility index (Phi) is 2.85. The van der Waals surface area contributed by atoms with Gasteiger partial charge < -0.3 is 9.52 Å². The number of aromatic carboxylic acids is 1. The maximum Gasteiger partial charge on any atom is 0.435 e. The van der Waals surface area contributed by atoms with E-state index in [2.05, 4.69) is 5.10 Å². The quantitative estimate of drug-likeness (QED) is 0.918. The van der Waals surface area contributed by atoms with E-state index in [4.69, 9.17) is 9.52 Å². The molecule has 1 N–H and O–H groups in total. The van der Waals surface area contributed by atoms with Gasteiger partial charge in [-0.05, 0) is 12.1 Å². The number of halogens is 3. The Hall–Kier alpha value is -2.25. The van der Waals surface area contributed by atoms with Crippen molar-refractivity contribution < 1.29 is 27.5 Å². The Balaban J connectivity index is 2.22. The minimum atomic E-state index is -4.52. The summed E-state index contributed by atoms with van der Waals surface area (Å²) in [6.45, 7) is -0.103. The van der Waals surface area contributed by atoms with Gasteiger partial charge in [-0.2, -0.15) is 18.3 Å². The number of hydrogen-bond acceptors (Lipinski definition) is 3. The second kappa shape index (κ2) is 4.21. The number of carboxylic acid groups (broad SMARTS) is 1. The van der Waals surface area contributed by atoms with Crippen LogP contribution in [0.25, 0.3) is 0 Å². The van der Waals surface area contributed by atoms with Crippen LogP contribution in [0.2, 0.25) is 0 Å². The highest BCUT2D eigenvalue weighted by atomic mass is 19.4. The zero-order valence-electron chi connectivity index (χ0n) is 8.81. The van der Waals surface area contributed by atoms with Crippen LogP contribution in [0.4, 0.5) is 13.2 Å². The van der Waals surface area contributed by atoms with Crippen molar-refractivity contribution in [2.24, 2.45) is 0 Å². The van der Waals surface area contributed by atoms with Crippen molar-refractivity contribution in [1.29, 1.82) is 0 Å². The number of aromatic nitrogens is 2. The lowest BCUT2D eigenvalue weighted by molar-refractivity contribution is -0.141. The largest absolute Gasteiger partial charge is 0.475 e. The lowest BCUT2D eigenvalue weighted by atomic mass is 10.2. The van der Waals surface area contributed by atoms with Crippen molar-refractivity contribution >= 4 is 5.97 Å². The summed E-state index contributed by atoms with van der Waals surface area (Å²) in [6.07, 6.45) is -2.23. The van der Waals surface area contributed by atoms with Crippen LogP contribution in [0.15, 0.2) is 29.0 Å². The molecule has 0 aliphatic carbocycles. The molecule has 2 heterocycles. The van der Waals surface area contributed by atoms with Gasteiger partial charge in [-0.15, -0.1) is 0 Å². The molecule has 0 atom stereocenters. The summed E-state index contributed by atoms with van der Waals surface area (Å²) in [5.41, 5.74) is -0.776. The standard InChI is InChI=1S/C10H7F3N2O3/c11-10(12,13)7-1-3-15(14-7)5-6-2-4-18-8(6)9(16)17/h1-4H,5H2,(H,16,17). The van der Waals surface area contributed by atoms with Crippen LogP contribution in [0.3, 0.4) is 0 Å². The second-order valence-electron chi connectivity index (χ2n) is 3.48. The van der Waals surface area contributed by atoms with Crippen molar-refractivity contribution in [3.05, 3.63) is 41.6 Å². The molecule has 18 heavy (non-hydrogen) atoms. The average Bonchev–Trinajstić information content (AvgIpc) is 2.85. The van der Waals surface area contributed by atoms with Gasteiger partial charge in [0.25, 0.3) is 0 Å². The van der Waals surface area contributed by atoms with E-state index in [1.807, 2.05) is 0 Å². The van der Waals surface area contributed by atoms with E-state index in [0.29, 0.717) is 0 Å². The molecule has 0 aliphatic heterocycles. The van der Waals surface area contributed by atoms with Gasteiger partial charge in [0, 0.05) is 11.8 Å². The molecule has 5 nitrogen and oxygen atoms in total. The number of furan rings is 1. The molecular formula is C10H7F3N2O3. The van der Waals surface area contributed by atoms with Crippen LogP contribution < -0.4 is 0 Å². The molecule has 2 rings (SSSR count). The zero-order chi connectivity index (χ0) is 13.3. The summed E-state index contributed by atoms with van der Waals surface area (Å²) >= 11 is 0. The Morgan fingerprint density at radius 3 is 2.72 bits per heavy atom. The Bertz CT molecular complexity index is 571. The molecule has 0 saturated heterocycles. The maximum atomic E-state index is 12.3. The fourth-order valence-corrected chi connectivity index (χ4v) is 1.42. The topological polar surface area (TPSA) is 68.3 Å². The lowest BCUT2D eigenvalue weighted by Gasteiger charge is -2.02. The minimum Gasteiger partial charge on any atom is -0.475 e. The van der Waals surface area contributed by atoms with Gasteiger partial charge in [-0.1, -0.05) is 0 Å². The fraction of sp³-hybridized carbons (Fsp3) is 0.200. The molecule has 0 bridgehead atoms. The van der Waals surface area contributed by atoms with Gasteiger partial charge >= 0.3 is 12.1 Å². The highest BCUT2D eigenvalue weighted by Crippen LogP contribution is 2.27. The summed E-state index contributed by atoms with van der Waals surface area (Å²) < 4.78 is 42.6. The number of carbonyl (C=O) groups is 1. The third kappa shape index (κ3) is 2.36. The predicted octanol–water partition coefficient (Wildman–Crippen LogP) is 2.24. The first-order valence-corrected chi connectivity index (χ1v) is 4.78. The van der Waals surface area contributed by atoms with Crippen LogP contribution in [0.5, 0.6) is 0 Å². The molecule has 0 radical (unpaired) electrons. The lowest BCUT2D eigenvalue weighted by Crippen LogP contribution is -2.09. The van der Waals surface area contributed by atoms with E-state index in [1.165, 1.54) is 6.07 Å². The van der Waals surface area contributed by atoms with Gasteiger partial charge in [-0.25, -0.2) is 4.79 Å². The van der Waals surface area contributed by atoms with Crippen LogP contribution in [-0.2, 0) is 12.7 Å². The summed E-state index contributed by atoms with van der Waals surface area (Å²) in [7, 11) is 0. The second-order valence-corrected chi connectivity index (χ2v) is 3.48. The maximum absolute atomic E-state index is 12.3. The Morgan fingerprint density at radius 2 is 2.17 bits per heavy atom. The van der Waals surface area contributed by atoms with Crippen molar-refractivity contribution in [2.45, 2.75) is 12.7 Å². The Labute approximate surface area is 98.4 Å². The normalized spacial score (nSPS) is 11.7. The van der Waals surface area contributed by atoms with E-state index in [-0.39, 0.29) is 17.9 Å². The third-order valence-electron chi connectivity index (χ3n) is 2.20. The van der Waals surface area contributed by atoms with Gasteiger partial charge in [0.15, 0.2) is 5.69 Å². The Morgan fingerprint density at radius 1 is 1.44 bits per heavy atom. The van der Waals surface area contributed by atoms with Crippen molar-refractivity contribution in [1.82, 2.24) is 9.78 Å². The summed E-state index contributed by atoms with van der Waals surface area (Å²) in [5.74, 6) is -1.59. The predicted molar refractivity (Wildman–Crippen MR) is 52.0 cm³/mol. The molecule has 0 spiro atoms. The van der Waals surface area contributed by atoms with Crippen LogP contribution in [0.1, 0.15) is 21.8 Å². The van der Waals surface area contributed by atoms with Crippen LogP contribution in [-0.4, -0.2) is 20.9 Å². The molecular weight excluding hydrogens is 253 g/mol. The number of hydrogen-bond donors (Lipinski definition) is 1. The molecule has 0 amide bonds. The molecule has 8 heteroatoms. The molecule has 0 unspecified atom stereocenters. The van der Waals surface area contributed by atoms with Gasteiger partial charge in [0.05, 0.1) is 12.8 Å². The van der Waals surface area contributed by atoms with Gasteiger partial charge in [0.2, 0.25) is 5.76 Å². The molecule has 0 fully saturated rings. The van der Waals surface area contributed by atoms with Gasteiger partial charge in [-0.3, -0.25) is 4.68 Å². The molecule has 0 saturated carbocycles. The first-order valence-electron chi connectivity index (χ1n) is 4.78. The van der Waals surface area contributed by atoms with Gasteiger partial charge in [0.1, 0.15) is 0 Å². The van der Waals surface area contributed by atoms with Crippen molar-refractivity contribution in [2.75, 3.05) is 0 Å². The van der Waals surface area contributed by atoms with E-state index >= 15 is 0 Å². The molecule has 0 aromatic carbocycles. The van der Waals surface area contributed by atoms with E-state index in [1.54, 1.807) is 0 Å². The summed E-state index contributed by atoms with van der Waals surface area (Å²) in [5, 5.41) is 12.1. The average molecular weight is 260 g/mol. The molecule has 2 aromatic rings. The van der Waals surface area contributed by atoms with E-state index in [9.17, 15) is 18.0 Å². The highest BCUT2D eigenvalue weighted by molar-refractivity contribution is 5.86. The summed E-state index contributed by atoms with van der Waals surface area (Å²) in [6, 6.07) is 2.19. The number of alkyl halides is 3. The number of rotatable bonds is 3. The van der Waals surface area contributed by atoms with Crippen molar-refractivity contribution in [3.63, 3.8) is 0 Å². The van der Waals surface area contributed by atoms with Crippen LogP contribution in [0, 0.1) is 0 Å². The van der Waals surface area contributed by atoms with E-state index < -0.39 is 17.8 Å². The minimum absolute atomic E-state index is 0.103. The number of nitrogens with zero attached hydrogens (tertiary/aromatic N) is 2. The highest BCUT2D eigenvalue weighted by Gasteiger charge is 2.33. The first-order chi connectivity index (χ1) is 8.38. The number of carboxylic acids is 1. The smallest absolute Gasteiger partial charge is 0.435 e. The molecule has 2 aromatic heterocycles. The third-order valence-corrected chi connectivity index (χ3v) is 2.20. The molecule has 0 aliphatic rings. The SMILES string of the molecule is O=C(O)c1occc1Cn1ccc(C(F)(F)F)n1. The van der Waals surface area contributed by atoms with E-state index in [0.717, 1.165) is 23.2 Å². The first kappa shape index (κ1) is 12.2. The zero-order valence-corrected chi connectivity index (χ0v) is 8.81. The van der Waals surface area contributed by atoms with Crippen LogP contribution >= 0.6 is 0 Å². The fourth-order valence-electron chi connectivity index (χ4n) is 1.42. The molecule has 96 valence electrons. The monoisotopic (exact) mass is 260 g/mol. The summed E-state index contributed by atoms with van der Waals surface area (Å²) in [4.78, 5) is 10.7.